The van der Waals surface area contributed by atoms with Crippen LogP contribution >= 0.6 is 11.8 Å². The van der Waals surface area contributed by atoms with Crippen LogP contribution in [0.25, 0.3) is 10.9 Å². The molecule has 1 aromatic carbocycles. The zero-order valence-corrected chi connectivity index (χ0v) is 15.8. The quantitative estimate of drug-likeness (QED) is 0.492. The summed E-state index contributed by atoms with van der Waals surface area (Å²) in [6.45, 7) is 4.04. The van der Waals surface area contributed by atoms with E-state index in [1.165, 1.54) is 11.8 Å². The molecule has 1 aliphatic rings. The molecule has 0 bridgehead atoms. The largest absolute Gasteiger partial charge is 0.424 e. The molecular formula is C19H22N4O2S. The van der Waals surface area contributed by atoms with E-state index >= 15 is 0 Å². The van der Waals surface area contributed by atoms with Gasteiger partial charge in [0.25, 0.3) is 5.56 Å². The first-order chi connectivity index (χ1) is 12.6. The molecule has 0 amide bonds. The number of nitrogens with zero attached hydrogens (tertiary/aromatic N) is 4. The summed E-state index contributed by atoms with van der Waals surface area (Å²) in [7, 11) is 0. The summed E-state index contributed by atoms with van der Waals surface area (Å²) in [6.07, 6.45) is 4.39. The first-order valence-corrected chi connectivity index (χ1v) is 10.1. The first kappa shape index (κ1) is 17.3. The van der Waals surface area contributed by atoms with Crippen molar-refractivity contribution in [1.29, 1.82) is 0 Å². The van der Waals surface area contributed by atoms with Crippen molar-refractivity contribution in [3.05, 3.63) is 46.4 Å². The van der Waals surface area contributed by atoms with Gasteiger partial charge >= 0.3 is 0 Å². The second-order valence-corrected chi connectivity index (χ2v) is 7.94. The topological polar surface area (TPSA) is 73.8 Å². The summed E-state index contributed by atoms with van der Waals surface area (Å²) in [5, 5.41) is 9.61. The molecule has 1 fully saturated rings. The predicted molar refractivity (Wildman–Crippen MR) is 101 cm³/mol. The fourth-order valence-electron chi connectivity index (χ4n) is 3.40. The maximum Gasteiger partial charge on any atom is 0.262 e. The normalized spacial score (nSPS) is 15.3. The van der Waals surface area contributed by atoms with E-state index in [1.807, 2.05) is 42.7 Å². The van der Waals surface area contributed by atoms with E-state index in [0.29, 0.717) is 22.9 Å². The Bertz CT molecular complexity index is 973. The highest BCUT2D eigenvalue weighted by Gasteiger charge is 2.23. The van der Waals surface area contributed by atoms with Gasteiger partial charge in [0.15, 0.2) is 5.16 Å². The van der Waals surface area contributed by atoms with Gasteiger partial charge in [-0.2, -0.15) is 0 Å². The van der Waals surface area contributed by atoms with Crippen LogP contribution in [0.2, 0.25) is 0 Å². The molecular weight excluding hydrogens is 348 g/mol. The lowest BCUT2D eigenvalue weighted by atomic mass is 10.2. The number of benzene rings is 1. The van der Waals surface area contributed by atoms with Gasteiger partial charge < -0.3 is 4.42 Å². The van der Waals surface area contributed by atoms with Crippen LogP contribution in [0, 0.1) is 0 Å². The Morgan fingerprint density at radius 2 is 2.00 bits per heavy atom. The molecule has 0 radical (unpaired) electrons. The lowest BCUT2D eigenvalue weighted by molar-refractivity contribution is 0.443. The zero-order valence-electron chi connectivity index (χ0n) is 15.0. The van der Waals surface area contributed by atoms with E-state index in [0.717, 1.165) is 36.4 Å². The Morgan fingerprint density at radius 3 is 2.73 bits per heavy atom. The summed E-state index contributed by atoms with van der Waals surface area (Å²) < 4.78 is 7.58. The Labute approximate surface area is 156 Å². The minimum atomic E-state index is 0.0541. The number of fused-ring (bicyclic) bond motifs is 1. The molecule has 0 saturated heterocycles. The lowest BCUT2D eigenvalue weighted by Gasteiger charge is -2.18. The molecule has 6 nitrogen and oxygen atoms in total. The van der Waals surface area contributed by atoms with Gasteiger partial charge in [-0.25, -0.2) is 4.98 Å². The van der Waals surface area contributed by atoms with Gasteiger partial charge in [0.2, 0.25) is 11.8 Å². The molecule has 0 N–H and O–H groups in total. The molecule has 0 spiro atoms. The number of aromatic nitrogens is 4. The van der Waals surface area contributed by atoms with Crippen molar-refractivity contribution in [2.45, 2.75) is 62.4 Å². The van der Waals surface area contributed by atoms with Crippen molar-refractivity contribution in [2.75, 3.05) is 0 Å². The molecule has 136 valence electrons. The summed E-state index contributed by atoms with van der Waals surface area (Å²) >= 11 is 1.50. The smallest absolute Gasteiger partial charge is 0.262 e. The number of rotatable bonds is 5. The van der Waals surface area contributed by atoms with E-state index in [-0.39, 0.29) is 17.5 Å². The maximum absolute atomic E-state index is 13.1. The Morgan fingerprint density at radius 1 is 1.23 bits per heavy atom. The molecule has 26 heavy (non-hydrogen) atoms. The predicted octanol–water partition coefficient (Wildman–Crippen LogP) is 4.31. The lowest BCUT2D eigenvalue weighted by Crippen LogP contribution is -2.26. The molecule has 3 aromatic rings. The summed E-state index contributed by atoms with van der Waals surface area (Å²) in [4.78, 5) is 17.9. The number of hydrogen-bond acceptors (Lipinski definition) is 6. The minimum Gasteiger partial charge on any atom is -0.424 e. The number of thioether (sulfide) groups is 1. The highest BCUT2D eigenvalue weighted by molar-refractivity contribution is 7.98. The molecule has 0 aliphatic heterocycles. The average Bonchev–Trinajstić information content (AvgIpc) is 3.32. The highest BCUT2D eigenvalue weighted by atomic mass is 32.2. The van der Waals surface area contributed by atoms with Gasteiger partial charge in [-0.05, 0) is 25.0 Å². The van der Waals surface area contributed by atoms with Crippen molar-refractivity contribution in [3.8, 4) is 0 Å². The molecule has 1 aliphatic carbocycles. The van der Waals surface area contributed by atoms with Crippen molar-refractivity contribution in [2.24, 2.45) is 0 Å². The van der Waals surface area contributed by atoms with E-state index in [1.54, 1.807) is 0 Å². The van der Waals surface area contributed by atoms with Crippen molar-refractivity contribution >= 4 is 22.7 Å². The molecule has 0 atom stereocenters. The number of para-hydroxylation sites is 1. The van der Waals surface area contributed by atoms with Gasteiger partial charge in [0, 0.05) is 12.0 Å². The van der Waals surface area contributed by atoms with Crippen LogP contribution < -0.4 is 5.56 Å². The summed E-state index contributed by atoms with van der Waals surface area (Å²) in [6, 6.07) is 7.79. The maximum atomic E-state index is 13.1. The van der Waals surface area contributed by atoms with E-state index < -0.39 is 0 Å². The molecule has 7 heteroatoms. The van der Waals surface area contributed by atoms with Gasteiger partial charge in [-0.3, -0.25) is 9.36 Å². The van der Waals surface area contributed by atoms with Crippen molar-refractivity contribution < 1.29 is 4.42 Å². The Hall–Kier alpha value is -2.15. The van der Waals surface area contributed by atoms with Gasteiger partial charge in [0.1, 0.15) is 0 Å². The SMILES string of the molecule is CC(C)c1nnc(CSc2nc3ccccc3c(=O)n2C2CCCC2)o1. The fraction of sp³-hybridized carbons (Fsp3) is 0.474. The Kier molecular flexibility index (Phi) is 4.80. The minimum absolute atomic E-state index is 0.0541. The van der Waals surface area contributed by atoms with Crippen LogP contribution in [-0.2, 0) is 5.75 Å². The summed E-state index contributed by atoms with van der Waals surface area (Å²) in [5.74, 6) is 1.92. The van der Waals surface area contributed by atoms with Crippen LogP contribution in [0.5, 0.6) is 0 Å². The third kappa shape index (κ3) is 3.28. The molecule has 2 heterocycles. The van der Waals surface area contributed by atoms with Crippen LogP contribution in [0.1, 0.15) is 63.3 Å². The fourth-order valence-corrected chi connectivity index (χ4v) is 4.30. The second kappa shape index (κ2) is 7.23. The molecule has 4 rings (SSSR count). The van der Waals surface area contributed by atoms with E-state index in [4.69, 9.17) is 9.40 Å². The first-order valence-electron chi connectivity index (χ1n) is 9.10. The van der Waals surface area contributed by atoms with Gasteiger partial charge in [-0.15, -0.1) is 10.2 Å². The zero-order chi connectivity index (χ0) is 18.1. The van der Waals surface area contributed by atoms with Crippen molar-refractivity contribution in [1.82, 2.24) is 19.7 Å². The van der Waals surface area contributed by atoms with E-state index in [9.17, 15) is 4.79 Å². The van der Waals surface area contributed by atoms with Crippen molar-refractivity contribution in [3.63, 3.8) is 0 Å². The Balaban J connectivity index is 1.70. The van der Waals surface area contributed by atoms with Crippen LogP contribution in [0.4, 0.5) is 0 Å². The molecule has 0 unspecified atom stereocenters. The highest BCUT2D eigenvalue weighted by Crippen LogP contribution is 2.33. The van der Waals surface area contributed by atoms with Crippen LogP contribution in [0.3, 0.4) is 0 Å². The van der Waals surface area contributed by atoms with Crippen LogP contribution in [0.15, 0.2) is 38.6 Å². The van der Waals surface area contributed by atoms with E-state index in [2.05, 4.69) is 10.2 Å². The third-order valence-corrected chi connectivity index (χ3v) is 5.70. The monoisotopic (exact) mass is 370 g/mol. The van der Waals surface area contributed by atoms with Gasteiger partial charge in [-0.1, -0.05) is 50.6 Å². The second-order valence-electron chi connectivity index (χ2n) is 7.00. The number of hydrogen-bond donors (Lipinski definition) is 0. The standard InChI is InChI=1S/C19H22N4O2S/c1-12(2)17-22-21-16(25-17)11-26-19-20-15-10-6-5-9-14(15)18(24)23(19)13-7-3-4-8-13/h5-6,9-10,12-13H,3-4,7-8,11H2,1-2H3. The van der Waals surface area contributed by atoms with Gasteiger partial charge in [0.05, 0.1) is 16.7 Å². The average molecular weight is 370 g/mol. The molecule has 2 aromatic heterocycles. The summed E-state index contributed by atoms with van der Waals surface area (Å²) in [5.41, 5.74) is 0.793. The molecule has 1 saturated carbocycles. The van der Waals surface area contributed by atoms with Crippen LogP contribution in [-0.4, -0.2) is 19.7 Å². The third-order valence-electron chi connectivity index (χ3n) is 4.77.